The van der Waals surface area contributed by atoms with Gasteiger partial charge in [-0.2, -0.15) is 0 Å². The first-order valence-electron chi connectivity index (χ1n) is 10.8. The Morgan fingerprint density at radius 1 is 1.00 bits per heavy atom. The minimum Gasteiger partial charge on any atom is -0.368 e. The number of hydrogen-bond acceptors (Lipinski definition) is 6. The Labute approximate surface area is 206 Å². The molecule has 10 heteroatoms. The van der Waals surface area contributed by atoms with E-state index in [1.807, 2.05) is 24.3 Å². The summed E-state index contributed by atoms with van der Waals surface area (Å²) in [5.74, 6) is -0.0532. The fraction of sp³-hybridized carbons (Fsp3) is 0.250. The number of aromatic nitrogens is 1. The van der Waals surface area contributed by atoms with Gasteiger partial charge in [0.25, 0.3) is 5.91 Å². The number of urea groups is 1. The number of nitrogens with zero attached hydrogens (tertiary/aromatic N) is 3. The fourth-order valence-electron chi connectivity index (χ4n) is 3.69. The monoisotopic (exact) mass is 497 g/mol. The second-order valence-corrected chi connectivity index (χ2v) is 9.34. The lowest BCUT2D eigenvalue weighted by Gasteiger charge is -2.36. The molecule has 3 aromatic rings. The van der Waals surface area contributed by atoms with E-state index < -0.39 is 6.03 Å². The first-order chi connectivity index (χ1) is 16.3. The van der Waals surface area contributed by atoms with Crippen molar-refractivity contribution in [2.24, 2.45) is 0 Å². The highest BCUT2D eigenvalue weighted by molar-refractivity contribution is 7.17. The number of Topliss-reactive ketones (excluding diaryl/α,β-unsaturated/α-hetero) is 1. The molecule has 2 heterocycles. The van der Waals surface area contributed by atoms with Gasteiger partial charge in [-0.25, -0.2) is 9.78 Å². The van der Waals surface area contributed by atoms with Gasteiger partial charge in [-0.1, -0.05) is 29.0 Å². The Morgan fingerprint density at radius 2 is 1.71 bits per heavy atom. The predicted octanol–water partition coefficient (Wildman–Crippen LogP) is 4.91. The van der Waals surface area contributed by atoms with Gasteiger partial charge < -0.3 is 15.1 Å². The molecule has 0 radical (unpaired) electrons. The maximum absolute atomic E-state index is 13.1. The van der Waals surface area contributed by atoms with Crippen molar-refractivity contribution in [2.75, 3.05) is 41.7 Å². The summed E-state index contributed by atoms with van der Waals surface area (Å²) in [5.41, 5.74) is 2.85. The van der Waals surface area contributed by atoms with Crippen LogP contribution in [0.15, 0.2) is 48.5 Å². The van der Waals surface area contributed by atoms with Gasteiger partial charge in [-0.05, 0) is 56.3 Å². The number of halogens is 1. The first-order valence-corrected chi connectivity index (χ1v) is 12.0. The number of rotatable bonds is 5. The van der Waals surface area contributed by atoms with E-state index in [-0.39, 0.29) is 11.7 Å². The fourth-order valence-corrected chi connectivity index (χ4v) is 4.81. The van der Waals surface area contributed by atoms with Crippen molar-refractivity contribution >= 4 is 57.2 Å². The number of carbonyl (C=O) groups excluding carboxylic acids is 3. The number of anilines is 3. The van der Waals surface area contributed by atoms with Crippen molar-refractivity contribution in [3.63, 3.8) is 0 Å². The van der Waals surface area contributed by atoms with E-state index in [1.54, 1.807) is 43.0 Å². The van der Waals surface area contributed by atoms with Crippen molar-refractivity contribution < 1.29 is 14.4 Å². The summed E-state index contributed by atoms with van der Waals surface area (Å²) in [5, 5.41) is 6.25. The lowest BCUT2D eigenvalue weighted by Crippen LogP contribution is -2.48. The summed E-state index contributed by atoms with van der Waals surface area (Å²) in [4.78, 5) is 45.7. The number of amides is 3. The van der Waals surface area contributed by atoms with E-state index >= 15 is 0 Å². The van der Waals surface area contributed by atoms with Gasteiger partial charge in [-0.15, -0.1) is 0 Å². The van der Waals surface area contributed by atoms with Crippen molar-refractivity contribution in [3.8, 4) is 0 Å². The van der Waals surface area contributed by atoms with Crippen molar-refractivity contribution in [2.45, 2.75) is 13.8 Å². The van der Waals surface area contributed by atoms with Gasteiger partial charge in [0.05, 0.1) is 5.69 Å². The van der Waals surface area contributed by atoms with Crippen LogP contribution in [0.1, 0.15) is 32.6 Å². The van der Waals surface area contributed by atoms with E-state index in [1.165, 1.54) is 0 Å². The van der Waals surface area contributed by atoms with Crippen LogP contribution >= 0.6 is 22.9 Å². The number of piperazine rings is 1. The number of carbonyl (C=O) groups is 3. The molecule has 0 aliphatic carbocycles. The molecule has 34 heavy (non-hydrogen) atoms. The molecule has 0 saturated carbocycles. The maximum Gasteiger partial charge on any atom is 0.325 e. The van der Waals surface area contributed by atoms with Gasteiger partial charge in [0.2, 0.25) is 0 Å². The molecule has 8 nitrogen and oxygen atoms in total. The molecule has 1 fully saturated rings. The predicted molar refractivity (Wildman–Crippen MR) is 136 cm³/mol. The lowest BCUT2D eigenvalue weighted by atomic mass is 10.1. The highest BCUT2D eigenvalue weighted by Gasteiger charge is 2.26. The number of thiazole rings is 1. The lowest BCUT2D eigenvalue weighted by molar-refractivity contribution is 0.0750. The third-order valence-electron chi connectivity index (χ3n) is 5.50. The van der Waals surface area contributed by atoms with Gasteiger partial charge in [0.1, 0.15) is 4.88 Å². The number of hydrogen-bond donors (Lipinski definition) is 2. The van der Waals surface area contributed by atoms with E-state index in [4.69, 9.17) is 11.6 Å². The number of nitrogens with one attached hydrogen (secondary N) is 2. The van der Waals surface area contributed by atoms with Crippen molar-refractivity contribution in [3.05, 3.63) is 69.7 Å². The van der Waals surface area contributed by atoms with Crippen LogP contribution in [0.25, 0.3) is 0 Å². The highest BCUT2D eigenvalue weighted by atomic mass is 35.5. The number of ketones is 1. The molecular weight excluding hydrogens is 474 g/mol. The first kappa shape index (κ1) is 23.7. The van der Waals surface area contributed by atoms with Crippen LogP contribution in [0.4, 0.5) is 21.3 Å². The van der Waals surface area contributed by atoms with Gasteiger partial charge in [0.15, 0.2) is 10.9 Å². The molecule has 0 bridgehead atoms. The molecule has 0 unspecified atom stereocenters. The third kappa shape index (κ3) is 5.55. The zero-order valence-electron chi connectivity index (χ0n) is 18.8. The normalized spacial score (nSPS) is 13.5. The van der Waals surface area contributed by atoms with Crippen LogP contribution in [-0.2, 0) is 0 Å². The molecule has 0 atom stereocenters. The summed E-state index contributed by atoms with van der Waals surface area (Å²) in [6.07, 6.45) is 0. The average molecular weight is 498 g/mol. The molecule has 1 aliphatic heterocycles. The molecule has 1 aromatic heterocycles. The molecular formula is C24H24ClN5O3S. The Balaban J connectivity index is 1.34. The highest BCUT2D eigenvalue weighted by Crippen LogP contribution is 2.26. The summed E-state index contributed by atoms with van der Waals surface area (Å²) in [7, 11) is 0. The van der Waals surface area contributed by atoms with Crippen molar-refractivity contribution in [1.82, 2.24) is 9.88 Å². The van der Waals surface area contributed by atoms with E-state index in [0.29, 0.717) is 58.2 Å². The summed E-state index contributed by atoms with van der Waals surface area (Å²) in [6, 6.07) is 13.9. The zero-order chi connectivity index (χ0) is 24.2. The Kier molecular flexibility index (Phi) is 7.14. The van der Waals surface area contributed by atoms with Crippen molar-refractivity contribution in [1.29, 1.82) is 0 Å². The van der Waals surface area contributed by atoms with E-state index in [0.717, 1.165) is 17.0 Å². The van der Waals surface area contributed by atoms with Crippen LogP contribution in [0.5, 0.6) is 0 Å². The second kappa shape index (κ2) is 10.2. The van der Waals surface area contributed by atoms with Gasteiger partial charge in [-0.3, -0.25) is 14.9 Å². The molecule has 1 saturated heterocycles. The standard InChI is InChI=1S/C24H24ClN5O3S/c1-15-21(34-24(26-15)28-23(33)27-19-5-3-4-18(25)14-19)22(32)30-12-10-29(11-13-30)20-8-6-17(7-9-20)16(2)31/h3-9,14H,10-13H2,1-2H3,(H2,26,27,28,33). The largest absolute Gasteiger partial charge is 0.368 e. The molecule has 2 aromatic carbocycles. The van der Waals surface area contributed by atoms with Crippen LogP contribution in [0, 0.1) is 6.92 Å². The SMILES string of the molecule is CC(=O)c1ccc(N2CCN(C(=O)c3sc(NC(=O)Nc4cccc(Cl)c4)nc3C)CC2)cc1. The Bertz CT molecular complexity index is 1220. The van der Waals surface area contributed by atoms with E-state index in [9.17, 15) is 14.4 Å². The average Bonchev–Trinajstić information content (AvgIpc) is 3.18. The third-order valence-corrected chi connectivity index (χ3v) is 6.80. The summed E-state index contributed by atoms with van der Waals surface area (Å²) < 4.78 is 0. The molecule has 0 spiro atoms. The van der Waals surface area contributed by atoms with Gasteiger partial charge >= 0.3 is 6.03 Å². The molecule has 4 rings (SSSR count). The zero-order valence-corrected chi connectivity index (χ0v) is 20.4. The van der Waals surface area contributed by atoms with Crippen LogP contribution in [0.2, 0.25) is 5.02 Å². The maximum atomic E-state index is 13.1. The number of aryl methyl sites for hydroxylation is 1. The Morgan fingerprint density at radius 3 is 2.35 bits per heavy atom. The Hall–Kier alpha value is -3.43. The molecule has 2 N–H and O–H groups in total. The minimum atomic E-state index is -0.459. The molecule has 1 aliphatic rings. The minimum absolute atomic E-state index is 0.0395. The molecule has 3 amide bonds. The summed E-state index contributed by atoms with van der Waals surface area (Å²) >= 11 is 7.10. The summed E-state index contributed by atoms with van der Waals surface area (Å²) in [6.45, 7) is 5.84. The van der Waals surface area contributed by atoms with Crippen LogP contribution in [0.3, 0.4) is 0 Å². The molecule has 176 valence electrons. The number of benzene rings is 2. The van der Waals surface area contributed by atoms with Crippen LogP contribution in [-0.4, -0.2) is 53.8 Å². The topological polar surface area (TPSA) is 94.6 Å². The second-order valence-electron chi connectivity index (χ2n) is 7.91. The van der Waals surface area contributed by atoms with Crippen LogP contribution < -0.4 is 15.5 Å². The smallest absolute Gasteiger partial charge is 0.325 e. The van der Waals surface area contributed by atoms with Gasteiger partial charge in [0, 0.05) is 48.1 Å². The van der Waals surface area contributed by atoms with E-state index in [2.05, 4.69) is 20.5 Å². The quantitative estimate of drug-likeness (QED) is 0.488.